The first-order valence-corrected chi connectivity index (χ1v) is 8.23. The van der Waals surface area contributed by atoms with E-state index in [-0.39, 0.29) is 6.42 Å². The maximum atomic E-state index is 10.9. The maximum Gasteiger partial charge on any atom is 0.141 e. The molecule has 3 heterocycles. The Balaban J connectivity index is 1.74. The number of H-pyrrole nitrogens is 1. The van der Waals surface area contributed by atoms with Crippen LogP contribution in [0, 0.1) is 11.3 Å². The molecule has 3 N–H and O–H groups in total. The van der Waals surface area contributed by atoms with Gasteiger partial charge in [-0.05, 0) is 25.3 Å². The highest BCUT2D eigenvalue weighted by Crippen LogP contribution is 2.40. The van der Waals surface area contributed by atoms with Crippen LogP contribution in [0.2, 0.25) is 0 Å². The van der Waals surface area contributed by atoms with Crippen LogP contribution in [0.5, 0.6) is 0 Å². The Morgan fingerprint density at radius 1 is 1.48 bits per heavy atom. The van der Waals surface area contributed by atoms with Crippen molar-refractivity contribution in [3.8, 4) is 17.3 Å². The van der Waals surface area contributed by atoms with Gasteiger partial charge in [0, 0.05) is 23.3 Å². The summed E-state index contributed by atoms with van der Waals surface area (Å²) < 4.78 is 1.58. The Labute approximate surface area is 143 Å². The standard InChI is InChI=1S/C17H18N6O2/c18-6-3-13(17(25)5-1-2-14(17)24)23-9-11(8-22-23)15-12-4-7-19-16(12)21-10-20-15/h4,7-10,13-14,24-25H,1-3,5H2,(H,19,20,21). The monoisotopic (exact) mass is 338 g/mol. The van der Waals surface area contributed by atoms with Crippen molar-refractivity contribution in [1.82, 2.24) is 24.7 Å². The number of hydrogen-bond donors (Lipinski definition) is 3. The van der Waals surface area contributed by atoms with Crippen LogP contribution in [0.15, 0.2) is 31.0 Å². The number of aromatic amines is 1. The Kier molecular flexibility index (Phi) is 3.75. The third-order valence-electron chi connectivity index (χ3n) is 5.04. The summed E-state index contributed by atoms with van der Waals surface area (Å²) in [5, 5.41) is 35.6. The van der Waals surface area contributed by atoms with Crippen molar-refractivity contribution < 1.29 is 10.2 Å². The molecule has 0 aliphatic heterocycles. The minimum absolute atomic E-state index is 0.0675. The van der Waals surface area contributed by atoms with Crippen LogP contribution in [0.1, 0.15) is 31.7 Å². The van der Waals surface area contributed by atoms with Gasteiger partial charge >= 0.3 is 0 Å². The van der Waals surface area contributed by atoms with Gasteiger partial charge in [-0.1, -0.05) is 0 Å². The highest BCUT2D eigenvalue weighted by molar-refractivity contribution is 5.89. The molecule has 0 aromatic carbocycles. The Morgan fingerprint density at radius 3 is 3.12 bits per heavy atom. The summed E-state index contributed by atoms with van der Waals surface area (Å²) >= 11 is 0. The number of nitriles is 1. The number of nitrogens with one attached hydrogen (secondary N) is 1. The van der Waals surface area contributed by atoms with Crippen molar-refractivity contribution in [2.24, 2.45) is 0 Å². The molecule has 3 unspecified atom stereocenters. The van der Waals surface area contributed by atoms with Crippen LogP contribution in [-0.2, 0) is 0 Å². The van der Waals surface area contributed by atoms with E-state index >= 15 is 0 Å². The summed E-state index contributed by atoms with van der Waals surface area (Å²) in [4.78, 5) is 11.6. The second-order valence-corrected chi connectivity index (χ2v) is 6.45. The summed E-state index contributed by atoms with van der Waals surface area (Å²) in [6.45, 7) is 0. The average Bonchev–Trinajstić information content (AvgIpc) is 3.33. The molecule has 8 heteroatoms. The molecule has 8 nitrogen and oxygen atoms in total. The van der Waals surface area contributed by atoms with Crippen LogP contribution in [0.4, 0.5) is 0 Å². The molecule has 1 aliphatic rings. The molecule has 0 amide bonds. The van der Waals surface area contributed by atoms with Gasteiger partial charge in [0.1, 0.15) is 17.6 Å². The van der Waals surface area contributed by atoms with Gasteiger partial charge in [-0.15, -0.1) is 0 Å². The zero-order valence-corrected chi connectivity index (χ0v) is 13.5. The fraction of sp³-hybridized carbons (Fsp3) is 0.412. The Bertz CT molecular complexity index is 942. The fourth-order valence-electron chi connectivity index (χ4n) is 3.70. The predicted octanol–water partition coefficient (Wildman–Crippen LogP) is 1.55. The minimum atomic E-state index is -1.34. The summed E-state index contributed by atoms with van der Waals surface area (Å²) in [7, 11) is 0. The summed E-state index contributed by atoms with van der Waals surface area (Å²) in [6, 6.07) is 3.39. The van der Waals surface area contributed by atoms with E-state index in [4.69, 9.17) is 0 Å². The lowest BCUT2D eigenvalue weighted by Crippen LogP contribution is -2.46. The van der Waals surface area contributed by atoms with E-state index in [2.05, 4.69) is 26.1 Å². The van der Waals surface area contributed by atoms with Crippen LogP contribution in [0.3, 0.4) is 0 Å². The van der Waals surface area contributed by atoms with Crippen molar-refractivity contribution in [1.29, 1.82) is 5.26 Å². The lowest BCUT2D eigenvalue weighted by atomic mass is 9.88. The first-order chi connectivity index (χ1) is 12.1. The van der Waals surface area contributed by atoms with Gasteiger partial charge in [0.05, 0.1) is 36.5 Å². The first-order valence-electron chi connectivity index (χ1n) is 8.23. The maximum absolute atomic E-state index is 10.9. The average molecular weight is 338 g/mol. The van der Waals surface area contributed by atoms with Gasteiger partial charge in [0.25, 0.3) is 0 Å². The summed E-state index contributed by atoms with van der Waals surface area (Å²) in [5.74, 6) is 0. The third kappa shape index (κ3) is 2.49. The minimum Gasteiger partial charge on any atom is -0.390 e. The van der Waals surface area contributed by atoms with Crippen molar-refractivity contribution in [3.63, 3.8) is 0 Å². The van der Waals surface area contributed by atoms with Crippen LogP contribution < -0.4 is 0 Å². The number of aromatic nitrogens is 5. The SMILES string of the molecule is N#CCC(n1cc(-c2ncnc3[nH]ccc23)cn1)C1(O)CCCC1O. The molecule has 0 radical (unpaired) electrons. The van der Waals surface area contributed by atoms with E-state index in [1.54, 1.807) is 23.3 Å². The highest BCUT2D eigenvalue weighted by atomic mass is 16.3. The highest BCUT2D eigenvalue weighted by Gasteiger charge is 2.47. The molecule has 0 bridgehead atoms. The topological polar surface area (TPSA) is 124 Å². The number of nitrogens with zero attached hydrogens (tertiary/aromatic N) is 5. The molecule has 25 heavy (non-hydrogen) atoms. The first kappa shape index (κ1) is 15.7. The number of aliphatic hydroxyl groups is 2. The van der Waals surface area contributed by atoms with E-state index in [9.17, 15) is 15.5 Å². The van der Waals surface area contributed by atoms with E-state index in [0.717, 1.165) is 28.7 Å². The fourth-order valence-corrected chi connectivity index (χ4v) is 3.70. The Hall–Kier alpha value is -2.76. The number of rotatable bonds is 4. The Morgan fingerprint density at radius 2 is 2.36 bits per heavy atom. The predicted molar refractivity (Wildman–Crippen MR) is 89.2 cm³/mol. The van der Waals surface area contributed by atoms with Crippen LogP contribution >= 0.6 is 0 Å². The smallest absolute Gasteiger partial charge is 0.141 e. The van der Waals surface area contributed by atoms with Crippen molar-refractivity contribution >= 4 is 11.0 Å². The molecule has 3 atom stereocenters. The molecule has 4 rings (SSSR count). The van der Waals surface area contributed by atoms with Gasteiger partial charge in [-0.25, -0.2) is 9.97 Å². The van der Waals surface area contributed by atoms with Crippen molar-refractivity contribution in [2.45, 2.75) is 43.4 Å². The number of hydrogen-bond acceptors (Lipinski definition) is 6. The second kappa shape index (κ2) is 5.95. The molecule has 0 spiro atoms. The number of aliphatic hydroxyl groups excluding tert-OH is 1. The van der Waals surface area contributed by atoms with E-state index in [0.29, 0.717) is 12.8 Å². The zero-order valence-electron chi connectivity index (χ0n) is 13.5. The molecule has 0 saturated heterocycles. The molecule has 1 fully saturated rings. The molecule has 128 valence electrons. The van der Waals surface area contributed by atoms with E-state index in [1.807, 2.05) is 6.07 Å². The largest absolute Gasteiger partial charge is 0.390 e. The lowest BCUT2D eigenvalue weighted by molar-refractivity contribution is -0.0904. The quantitative estimate of drug-likeness (QED) is 0.663. The van der Waals surface area contributed by atoms with Gasteiger partial charge in [0.15, 0.2) is 0 Å². The van der Waals surface area contributed by atoms with Gasteiger partial charge in [0.2, 0.25) is 0 Å². The molecular weight excluding hydrogens is 320 g/mol. The summed E-state index contributed by atoms with van der Waals surface area (Å²) in [6.07, 6.45) is 7.61. The third-order valence-corrected chi connectivity index (χ3v) is 5.04. The van der Waals surface area contributed by atoms with Gasteiger partial charge in [-0.2, -0.15) is 10.4 Å². The number of fused-ring (bicyclic) bond motifs is 1. The second-order valence-electron chi connectivity index (χ2n) is 6.45. The van der Waals surface area contributed by atoms with E-state index < -0.39 is 17.7 Å². The van der Waals surface area contributed by atoms with Crippen molar-refractivity contribution in [2.75, 3.05) is 0 Å². The van der Waals surface area contributed by atoms with Gasteiger partial charge < -0.3 is 15.2 Å². The zero-order chi connectivity index (χ0) is 17.4. The molecule has 3 aromatic rings. The van der Waals surface area contributed by atoms with E-state index in [1.165, 1.54) is 6.33 Å². The van der Waals surface area contributed by atoms with Crippen LogP contribution in [0.25, 0.3) is 22.3 Å². The lowest BCUT2D eigenvalue weighted by Gasteiger charge is -2.34. The van der Waals surface area contributed by atoms with Gasteiger partial charge in [-0.3, -0.25) is 4.68 Å². The van der Waals surface area contributed by atoms with Crippen molar-refractivity contribution in [3.05, 3.63) is 31.0 Å². The normalized spacial score (nSPS) is 24.4. The molecule has 1 aliphatic carbocycles. The molecule has 1 saturated carbocycles. The van der Waals surface area contributed by atoms with Crippen LogP contribution in [-0.4, -0.2) is 46.7 Å². The summed E-state index contributed by atoms with van der Waals surface area (Å²) in [5.41, 5.74) is 0.892. The molecule has 3 aromatic heterocycles. The molecular formula is C17H18N6O2.